The molecular formula is C21H22N4O2. The van der Waals surface area contributed by atoms with Crippen LogP contribution in [0.3, 0.4) is 0 Å². The lowest BCUT2D eigenvalue weighted by Crippen LogP contribution is -2.26. The van der Waals surface area contributed by atoms with E-state index in [1.807, 2.05) is 55.5 Å². The highest BCUT2D eigenvalue weighted by molar-refractivity contribution is 5.92. The molecule has 6 heteroatoms. The van der Waals surface area contributed by atoms with Gasteiger partial charge in [-0.15, -0.1) is 0 Å². The van der Waals surface area contributed by atoms with Crippen molar-refractivity contribution < 1.29 is 9.53 Å². The van der Waals surface area contributed by atoms with E-state index in [1.54, 1.807) is 19.4 Å². The highest BCUT2D eigenvalue weighted by Gasteiger charge is 2.09. The van der Waals surface area contributed by atoms with Crippen molar-refractivity contribution in [3.63, 3.8) is 0 Å². The van der Waals surface area contributed by atoms with Crippen molar-refractivity contribution in [2.24, 2.45) is 0 Å². The van der Waals surface area contributed by atoms with Crippen LogP contribution >= 0.6 is 0 Å². The predicted octanol–water partition coefficient (Wildman–Crippen LogP) is 3.51. The Kier molecular flexibility index (Phi) is 5.99. The molecule has 27 heavy (non-hydrogen) atoms. The van der Waals surface area contributed by atoms with Crippen molar-refractivity contribution in [1.29, 1.82) is 0 Å². The van der Waals surface area contributed by atoms with Crippen molar-refractivity contribution in [2.75, 3.05) is 19.0 Å². The number of anilines is 2. The van der Waals surface area contributed by atoms with E-state index in [2.05, 4.69) is 20.6 Å². The third-order valence-corrected chi connectivity index (χ3v) is 4.07. The Morgan fingerprint density at radius 3 is 2.63 bits per heavy atom. The Bertz CT molecular complexity index is 910. The SMILES string of the molecule is COc1ccccc1CCNC(=O)c1ccnc(Nc2ccc(C)cc2)n1. The van der Waals surface area contributed by atoms with Crippen molar-refractivity contribution >= 4 is 17.5 Å². The molecule has 2 N–H and O–H groups in total. The van der Waals surface area contributed by atoms with Crippen molar-refractivity contribution in [3.05, 3.63) is 77.6 Å². The number of methoxy groups -OCH3 is 1. The van der Waals surface area contributed by atoms with Crippen LogP contribution in [0.4, 0.5) is 11.6 Å². The number of nitrogens with one attached hydrogen (secondary N) is 2. The molecule has 0 spiro atoms. The molecule has 6 nitrogen and oxygen atoms in total. The molecule has 0 aliphatic carbocycles. The number of carbonyl (C=O) groups is 1. The van der Waals surface area contributed by atoms with Crippen LogP contribution in [0.25, 0.3) is 0 Å². The van der Waals surface area contributed by atoms with Crippen molar-refractivity contribution in [1.82, 2.24) is 15.3 Å². The molecule has 138 valence electrons. The first-order valence-electron chi connectivity index (χ1n) is 8.72. The van der Waals surface area contributed by atoms with E-state index in [4.69, 9.17) is 4.74 Å². The maximum absolute atomic E-state index is 12.4. The second-order valence-corrected chi connectivity index (χ2v) is 6.07. The number of rotatable bonds is 7. The quantitative estimate of drug-likeness (QED) is 0.673. The second-order valence-electron chi connectivity index (χ2n) is 6.07. The van der Waals surface area contributed by atoms with Crippen LogP contribution in [0.1, 0.15) is 21.6 Å². The predicted molar refractivity (Wildman–Crippen MR) is 106 cm³/mol. The van der Waals surface area contributed by atoms with Crippen LogP contribution in [0, 0.1) is 6.92 Å². The molecule has 3 aromatic rings. The summed E-state index contributed by atoms with van der Waals surface area (Å²) in [5, 5.41) is 5.99. The number of amides is 1. The van der Waals surface area contributed by atoms with E-state index >= 15 is 0 Å². The third-order valence-electron chi connectivity index (χ3n) is 4.07. The zero-order valence-corrected chi connectivity index (χ0v) is 15.4. The third kappa shape index (κ3) is 5.04. The monoisotopic (exact) mass is 362 g/mol. The lowest BCUT2D eigenvalue weighted by Gasteiger charge is -2.09. The fourth-order valence-electron chi connectivity index (χ4n) is 2.62. The Morgan fingerprint density at radius 1 is 1.07 bits per heavy atom. The molecule has 0 fully saturated rings. The van der Waals surface area contributed by atoms with Crippen molar-refractivity contribution in [3.8, 4) is 5.75 Å². The second kappa shape index (κ2) is 8.80. The molecule has 1 heterocycles. The molecule has 3 rings (SSSR count). The molecule has 1 amide bonds. The molecular weight excluding hydrogens is 340 g/mol. The van der Waals surface area contributed by atoms with Crippen LogP contribution in [0.15, 0.2) is 60.8 Å². The van der Waals surface area contributed by atoms with E-state index in [9.17, 15) is 4.79 Å². The summed E-state index contributed by atoms with van der Waals surface area (Å²) in [6.45, 7) is 2.51. The van der Waals surface area contributed by atoms with E-state index in [0.717, 1.165) is 17.0 Å². The molecule has 0 radical (unpaired) electrons. The highest BCUT2D eigenvalue weighted by atomic mass is 16.5. The maximum Gasteiger partial charge on any atom is 0.270 e. The van der Waals surface area contributed by atoms with Gasteiger partial charge in [-0.25, -0.2) is 9.97 Å². The summed E-state index contributed by atoms with van der Waals surface area (Å²) in [7, 11) is 1.64. The topological polar surface area (TPSA) is 76.1 Å². The first-order valence-corrected chi connectivity index (χ1v) is 8.72. The van der Waals surface area contributed by atoms with Gasteiger partial charge in [0.2, 0.25) is 5.95 Å². The van der Waals surface area contributed by atoms with Gasteiger partial charge in [-0.3, -0.25) is 4.79 Å². The summed E-state index contributed by atoms with van der Waals surface area (Å²) in [4.78, 5) is 20.8. The smallest absolute Gasteiger partial charge is 0.270 e. The van der Waals surface area contributed by atoms with Gasteiger partial charge in [-0.1, -0.05) is 35.9 Å². The van der Waals surface area contributed by atoms with Crippen LogP contribution in [-0.4, -0.2) is 29.5 Å². The lowest BCUT2D eigenvalue weighted by molar-refractivity contribution is 0.0949. The first kappa shape index (κ1) is 18.4. The summed E-state index contributed by atoms with van der Waals surface area (Å²) in [6.07, 6.45) is 2.24. The highest BCUT2D eigenvalue weighted by Crippen LogP contribution is 2.17. The molecule has 0 saturated heterocycles. The average Bonchev–Trinajstić information content (AvgIpc) is 2.70. The number of aromatic nitrogens is 2. The first-order chi connectivity index (χ1) is 13.2. The van der Waals surface area contributed by atoms with E-state index in [1.165, 1.54) is 5.56 Å². The van der Waals surface area contributed by atoms with Gasteiger partial charge in [0.1, 0.15) is 11.4 Å². The fourth-order valence-corrected chi connectivity index (χ4v) is 2.62. The fraction of sp³-hybridized carbons (Fsp3) is 0.190. The standard InChI is InChI=1S/C21H22N4O2/c1-15-7-9-17(10-8-15)24-21-23-14-12-18(25-21)20(26)22-13-11-16-5-3-4-6-19(16)27-2/h3-10,12,14H,11,13H2,1-2H3,(H,22,26)(H,23,24,25). The van der Waals surface area contributed by atoms with Crippen LogP contribution in [-0.2, 0) is 6.42 Å². The van der Waals surface area contributed by atoms with Gasteiger partial charge in [0.25, 0.3) is 5.91 Å². The normalized spacial score (nSPS) is 10.3. The summed E-state index contributed by atoms with van der Waals surface area (Å²) in [6, 6.07) is 17.2. The summed E-state index contributed by atoms with van der Waals surface area (Å²) < 4.78 is 5.33. The molecule has 0 saturated carbocycles. The minimum atomic E-state index is -0.237. The number of nitrogens with zero attached hydrogens (tertiary/aromatic N) is 2. The van der Waals surface area contributed by atoms with E-state index in [0.29, 0.717) is 24.6 Å². The number of ether oxygens (including phenoxy) is 1. The number of hydrogen-bond acceptors (Lipinski definition) is 5. The largest absolute Gasteiger partial charge is 0.496 e. The maximum atomic E-state index is 12.4. The van der Waals surface area contributed by atoms with Gasteiger partial charge in [0.05, 0.1) is 7.11 Å². The zero-order valence-electron chi connectivity index (χ0n) is 15.4. The number of carbonyl (C=O) groups excluding carboxylic acids is 1. The van der Waals surface area contributed by atoms with E-state index < -0.39 is 0 Å². The molecule has 0 aliphatic heterocycles. The number of hydrogen-bond donors (Lipinski definition) is 2. The minimum Gasteiger partial charge on any atom is -0.496 e. The zero-order chi connectivity index (χ0) is 19.1. The van der Waals surface area contributed by atoms with Crippen LogP contribution < -0.4 is 15.4 Å². The number of para-hydroxylation sites is 1. The van der Waals surface area contributed by atoms with E-state index in [-0.39, 0.29) is 5.91 Å². The molecule has 0 atom stereocenters. The minimum absolute atomic E-state index is 0.237. The van der Waals surface area contributed by atoms with Gasteiger partial charge in [-0.05, 0) is 43.2 Å². The Hall–Kier alpha value is -3.41. The number of benzene rings is 2. The molecule has 1 aromatic heterocycles. The Morgan fingerprint density at radius 2 is 1.85 bits per heavy atom. The van der Waals surface area contributed by atoms with Crippen LogP contribution in [0.2, 0.25) is 0 Å². The molecule has 0 aliphatic rings. The van der Waals surface area contributed by atoms with Crippen LogP contribution in [0.5, 0.6) is 5.75 Å². The molecule has 0 unspecified atom stereocenters. The van der Waals surface area contributed by atoms with Gasteiger partial charge >= 0.3 is 0 Å². The number of aryl methyl sites for hydroxylation is 1. The van der Waals surface area contributed by atoms with Gasteiger partial charge in [0, 0.05) is 18.4 Å². The lowest BCUT2D eigenvalue weighted by atomic mass is 10.1. The van der Waals surface area contributed by atoms with Gasteiger partial charge in [-0.2, -0.15) is 0 Å². The molecule has 2 aromatic carbocycles. The molecule has 0 bridgehead atoms. The summed E-state index contributed by atoms with van der Waals surface area (Å²) in [5.74, 6) is 0.967. The summed E-state index contributed by atoms with van der Waals surface area (Å²) >= 11 is 0. The summed E-state index contributed by atoms with van der Waals surface area (Å²) in [5.41, 5.74) is 3.41. The average molecular weight is 362 g/mol. The van der Waals surface area contributed by atoms with Crippen molar-refractivity contribution in [2.45, 2.75) is 13.3 Å². The Labute approximate surface area is 158 Å². The van der Waals surface area contributed by atoms with Gasteiger partial charge in [0.15, 0.2) is 0 Å². The van der Waals surface area contributed by atoms with Gasteiger partial charge < -0.3 is 15.4 Å². The Balaban J connectivity index is 1.59.